The van der Waals surface area contributed by atoms with Crippen molar-refractivity contribution in [3.05, 3.63) is 0 Å². The molecule has 0 saturated carbocycles. The summed E-state index contributed by atoms with van der Waals surface area (Å²) in [4.78, 5) is 27.3. The first-order valence-electron chi connectivity index (χ1n) is 18.1. The summed E-state index contributed by atoms with van der Waals surface area (Å²) in [6.07, 6.45) is 29.9. The van der Waals surface area contributed by atoms with Crippen LogP contribution in [-0.4, -0.2) is 50.2 Å². The van der Waals surface area contributed by atoms with Gasteiger partial charge >= 0.3 is 11.9 Å². The summed E-state index contributed by atoms with van der Waals surface area (Å²) in [5, 5.41) is 0. The van der Waals surface area contributed by atoms with Crippen molar-refractivity contribution >= 4 is 11.9 Å². The second-order valence-corrected chi connectivity index (χ2v) is 13.0. The number of unbranched alkanes of at least 4 members (excludes halogenated alkanes) is 17. The molecule has 1 aliphatic rings. The van der Waals surface area contributed by atoms with E-state index >= 15 is 0 Å². The molecule has 1 unspecified atom stereocenters. The van der Waals surface area contributed by atoms with Crippen LogP contribution in [0.5, 0.6) is 0 Å². The first-order valence-corrected chi connectivity index (χ1v) is 18.1. The Balaban J connectivity index is 2.18. The fourth-order valence-electron chi connectivity index (χ4n) is 6.00. The number of likely N-dealkylation sites (tertiary alicyclic amines) is 1. The Morgan fingerprint density at radius 3 is 1.63 bits per heavy atom. The molecule has 1 rings (SSSR count). The van der Waals surface area contributed by atoms with Crippen LogP contribution in [0.2, 0.25) is 0 Å². The van der Waals surface area contributed by atoms with E-state index in [0.29, 0.717) is 25.6 Å². The van der Waals surface area contributed by atoms with E-state index in [-0.39, 0.29) is 17.9 Å². The topological polar surface area (TPSA) is 55.8 Å². The predicted molar refractivity (Wildman–Crippen MR) is 173 cm³/mol. The molecule has 1 saturated heterocycles. The van der Waals surface area contributed by atoms with Crippen molar-refractivity contribution in [1.82, 2.24) is 4.90 Å². The summed E-state index contributed by atoms with van der Waals surface area (Å²) in [5.41, 5.74) is 0. The summed E-state index contributed by atoms with van der Waals surface area (Å²) in [6, 6.07) is 0. The maximum atomic E-state index is 12.7. The van der Waals surface area contributed by atoms with Crippen LogP contribution in [0.1, 0.15) is 174 Å². The van der Waals surface area contributed by atoms with Crippen LogP contribution in [0.4, 0.5) is 0 Å². The van der Waals surface area contributed by atoms with E-state index in [0.717, 1.165) is 58.0 Å². The quantitative estimate of drug-likeness (QED) is 0.0682. The third-order valence-electron chi connectivity index (χ3n) is 8.98. The van der Waals surface area contributed by atoms with Gasteiger partial charge in [0.2, 0.25) is 0 Å². The number of ether oxygens (including phenoxy) is 2. The van der Waals surface area contributed by atoms with Crippen LogP contribution in [0.15, 0.2) is 0 Å². The third-order valence-corrected chi connectivity index (χ3v) is 8.98. The van der Waals surface area contributed by atoms with Gasteiger partial charge in [-0.05, 0) is 64.6 Å². The highest BCUT2D eigenvalue weighted by molar-refractivity contribution is 5.72. The van der Waals surface area contributed by atoms with Gasteiger partial charge in [0.15, 0.2) is 0 Å². The summed E-state index contributed by atoms with van der Waals surface area (Å²) in [7, 11) is 2.12. The minimum atomic E-state index is -0.0637. The molecule has 0 aromatic carbocycles. The molecule has 0 aliphatic carbocycles. The summed E-state index contributed by atoms with van der Waals surface area (Å²) in [5.74, 6) is 0.335. The van der Waals surface area contributed by atoms with Gasteiger partial charge in [0.05, 0.1) is 19.1 Å². The molecule has 0 aromatic rings. The molecule has 1 aliphatic heterocycles. The Morgan fingerprint density at radius 2 is 1.10 bits per heavy atom. The van der Waals surface area contributed by atoms with Crippen LogP contribution in [0.3, 0.4) is 0 Å². The Bertz CT molecular complexity index is 602. The predicted octanol–water partition coefficient (Wildman–Crippen LogP) is 10.0. The number of esters is 2. The molecule has 5 heteroatoms. The molecule has 0 amide bonds. The highest BCUT2D eigenvalue weighted by atomic mass is 16.5. The minimum Gasteiger partial charge on any atom is -0.466 e. The molecule has 0 N–H and O–H groups in total. The number of carbonyl (C=O) groups excluding carboxylic acids is 2. The molecule has 0 radical (unpaired) electrons. The Hall–Kier alpha value is -1.10. The summed E-state index contributed by atoms with van der Waals surface area (Å²) >= 11 is 0. The number of piperidine rings is 1. The fraction of sp³-hybridized carbons (Fsp3) is 0.944. The maximum absolute atomic E-state index is 12.7. The molecule has 242 valence electrons. The summed E-state index contributed by atoms with van der Waals surface area (Å²) < 4.78 is 11.4. The standard InChI is InChI=1S/C36H69NO4/c1-4-6-8-10-12-14-15-16-18-20-22-31-40-35(38)26-23-25-33(24-21-19-17-13-11-9-7-5-2)32-41-36(39)34-27-29-37(3)30-28-34/h33-34H,4-32H2,1-3H3. The lowest BCUT2D eigenvalue weighted by Crippen LogP contribution is -2.34. The lowest BCUT2D eigenvalue weighted by Gasteiger charge is -2.28. The molecule has 0 bridgehead atoms. The molecule has 0 aromatic heterocycles. The Kier molecular flexibility index (Phi) is 25.6. The van der Waals surface area contributed by atoms with E-state index in [1.54, 1.807) is 0 Å². The number of rotatable bonds is 28. The molecule has 5 nitrogen and oxygen atoms in total. The fourth-order valence-corrected chi connectivity index (χ4v) is 6.00. The van der Waals surface area contributed by atoms with Crippen LogP contribution >= 0.6 is 0 Å². The Labute approximate surface area is 255 Å². The lowest BCUT2D eigenvalue weighted by atomic mass is 9.95. The molecule has 1 heterocycles. The van der Waals surface area contributed by atoms with Gasteiger partial charge in [-0.15, -0.1) is 0 Å². The van der Waals surface area contributed by atoms with Crippen LogP contribution in [0.25, 0.3) is 0 Å². The monoisotopic (exact) mass is 580 g/mol. The van der Waals surface area contributed by atoms with Crippen molar-refractivity contribution in [3.63, 3.8) is 0 Å². The zero-order valence-electron chi connectivity index (χ0n) is 27.7. The second kappa shape index (κ2) is 27.7. The van der Waals surface area contributed by atoms with Crippen LogP contribution in [0, 0.1) is 11.8 Å². The van der Waals surface area contributed by atoms with E-state index in [2.05, 4.69) is 25.8 Å². The third kappa shape index (κ3) is 23.1. The van der Waals surface area contributed by atoms with E-state index in [4.69, 9.17) is 9.47 Å². The molecular weight excluding hydrogens is 510 g/mol. The van der Waals surface area contributed by atoms with E-state index in [1.165, 1.54) is 109 Å². The second-order valence-electron chi connectivity index (χ2n) is 13.0. The first kappa shape index (κ1) is 37.9. The zero-order valence-corrected chi connectivity index (χ0v) is 27.7. The molecule has 1 fully saturated rings. The van der Waals surface area contributed by atoms with Crippen LogP contribution in [-0.2, 0) is 19.1 Å². The van der Waals surface area contributed by atoms with E-state index < -0.39 is 0 Å². The number of hydrogen-bond acceptors (Lipinski definition) is 5. The van der Waals surface area contributed by atoms with Gasteiger partial charge in [-0.3, -0.25) is 9.59 Å². The smallest absolute Gasteiger partial charge is 0.309 e. The number of nitrogens with zero attached hydrogens (tertiary/aromatic N) is 1. The van der Waals surface area contributed by atoms with Gasteiger partial charge in [-0.2, -0.15) is 0 Å². The van der Waals surface area contributed by atoms with Gasteiger partial charge in [-0.1, -0.05) is 129 Å². The molecular formula is C36H69NO4. The SMILES string of the molecule is CCCCCCCCCCCCCOC(=O)CCCC(CCCCCCCCCC)COC(=O)C1CCN(C)CC1. The molecule has 1 atom stereocenters. The number of hydrogen-bond donors (Lipinski definition) is 0. The average Bonchev–Trinajstić information content (AvgIpc) is 2.97. The van der Waals surface area contributed by atoms with Crippen molar-refractivity contribution in [3.8, 4) is 0 Å². The molecule has 41 heavy (non-hydrogen) atoms. The minimum absolute atomic E-state index is 0.00888. The van der Waals surface area contributed by atoms with Gasteiger partial charge in [0.25, 0.3) is 0 Å². The van der Waals surface area contributed by atoms with Crippen molar-refractivity contribution < 1.29 is 19.1 Å². The highest BCUT2D eigenvalue weighted by Gasteiger charge is 2.25. The number of carbonyl (C=O) groups is 2. The van der Waals surface area contributed by atoms with E-state index in [9.17, 15) is 9.59 Å². The van der Waals surface area contributed by atoms with Gasteiger partial charge in [-0.25, -0.2) is 0 Å². The van der Waals surface area contributed by atoms with Gasteiger partial charge < -0.3 is 14.4 Å². The average molecular weight is 580 g/mol. The normalized spacial score (nSPS) is 15.2. The Morgan fingerprint density at radius 1 is 0.634 bits per heavy atom. The summed E-state index contributed by atoms with van der Waals surface area (Å²) in [6.45, 7) is 7.55. The van der Waals surface area contributed by atoms with Crippen LogP contribution < -0.4 is 0 Å². The van der Waals surface area contributed by atoms with E-state index in [1.807, 2.05) is 0 Å². The molecule has 0 spiro atoms. The largest absolute Gasteiger partial charge is 0.466 e. The van der Waals surface area contributed by atoms with Gasteiger partial charge in [0, 0.05) is 6.42 Å². The van der Waals surface area contributed by atoms with Crippen molar-refractivity contribution in [2.75, 3.05) is 33.4 Å². The van der Waals surface area contributed by atoms with Crippen molar-refractivity contribution in [2.45, 2.75) is 174 Å². The first-order chi connectivity index (χ1) is 20.1. The lowest BCUT2D eigenvalue weighted by molar-refractivity contribution is -0.152. The maximum Gasteiger partial charge on any atom is 0.309 e. The van der Waals surface area contributed by atoms with Crippen molar-refractivity contribution in [1.29, 1.82) is 0 Å². The zero-order chi connectivity index (χ0) is 29.8. The highest BCUT2D eigenvalue weighted by Crippen LogP contribution is 2.22. The van der Waals surface area contributed by atoms with Gasteiger partial charge in [0.1, 0.15) is 0 Å². The van der Waals surface area contributed by atoms with Crippen molar-refractivity contribution in [2.24, 2.45) is 11.8 Å².